The topological polar surface area (TPSA) is 71.1 Å². The van der Waals surface area contributed by atoms with E-state index in [2.05, 4.69) is 5.32 Å². The Balaban J connectivity index is 1.73. The molecule has 2 aromatic carbocycles. The van der Waals surface area contributed by atoms with Crippen LogP contribution in [0.1, 0.15) is 23.8 Å². The van der Waals surface area contributed by atoms with Crippen molar-refractivity contribution in [3.8, 4) is 11.5 Å². The van der Waals surface area contributed by atoms with Crippen molar-refractivity contribution in [2.75, 3.05) is 39.2 Å². The summed E-state index contributed by atoms with van der Waals surface area (Å²) in [5.41, 5.74) is 1.45. The summed E-state index contributed by atoms with van der Waals surface area (Å²) in [5.74, 6) is 1.15. The average Bonchev–Trinajstić information content (AvgIpc) is 3.40. The van der Waals surface area contributed by atoms with E-state index in [0.717, 1.165) is 10.4 Å². The molecule has 0 radical (unpaired) electrons. The number of rotatable bonds is 12. The van der Waals surface area contributed by atoms with E-state index >= 15 is 0 Å². The summed E-state index contributed by atoms with van der Waals surface area (Å²) in [7, 11) is 3.19. The first-order valence-electron chi connectivity index (χ1n) is 11.9. The van der Waals surface area contributed by atoms with Gasteiger partial charge in [0, 0.05) is 23.0 Å². The smallest absolute Gasteiger partial charge is 0.322 e. The second kappa shape index (κ2) is 14.1. The third-order valence-corrected chi connectivity index (χ3v) is 7.09. The molecule has 198 valence electrons. The van der Waals surface area contributed by atoms with Crippen LogP contribution >= 0.6 is 34.5 Å². The maximum Gasteiger partial charge on any atom is 0.322 e. The fourth-order valence-electron chi connectivity index (χ4n) is 3.75. The zero-order valence-electron chi connectivity index (χ0n) is 21.1. The first-order chi connectivity index (χ1) is 17.8. The standard InChI is InChI=1S/C27H31Cl2N3O4S/c1-4-12-32(27(34)30-23-9-8-20(28)16-22(23)29)18-26(33)31(17-21-6-5-14-37-21)13-11-19-7-10-24(35-2)25(15-19)36-3/h5-10,14-16H,4,11-13,17-18H2,1-3H3,(H,30,34). The lowest BCUT2D eigenvalue weighted by Crippen LogP contribution is -2.45. The van der Waals surface area contributed by atoms with Gasteiger partial charge in [0.1, 0.15) is 6.54 Å². The SMILES string of the molecule is CCCN(CC(=O)N(CCc1ccc(OC)c(OC)c1)Cc1cccs1)C(=O)Nc1ccc(Cl)cc1Cl. The first kappa shape index (κ1) is 28.6. The molecule has 3 rings (SSSR count). The van der Waals surface area contributed by atoms with E-state index in [1.54, 1.807) is 48.7 Å². The average molecular weight is 565 g/mol. The van der Waals surface area contributed by atoms with Crippen LogP contribution in [0.5, 0.6) is 11.5 Å². The van der Waals surface area contributed by atoms with Gasteiger partial charge in [-0.05, 0) is 60.2 Å². The molecule has 0 aliphatic carbocycles. The van der Waals surface area contributed by atoms with E-state index in [1.807, 2.05) is 42.6 Å². The van der Waals surface area contributed by atoms with E-state index in [0.29, 0.717) is 59.7 Å². The highest BCUT2D eigenvalue weighted by Crippen LogP contribution is 2.28. The van der Waals surface area contributed by atoms with E-state index in [-0.39, 0.29) is 12.5 Å². The number of thiophene rings is 1. The van der Waals surface area contributed by atoms with Gasteiger partial charge in [-0.2, -0.15) is 0 Å². The number of hydrogen-bond acceptors (Lipinski definition) is 5. The Kier molecular flexibility index (Phi) is 10.9. The van der Waals surface area contributed by atoms with Crippen molar-refractivity contribution in [3.63, 3.8) is 0 Å². The number of hydrogen-bond donors (Lipinski definition) is 1. The van der Waals surface area contributed by atoms with Gasteiger partial charge in [0.25, 0.3) is 0 Å². The van der Waals surface area contributed by atoms with Crippen LogP contribution in [0, 0.1) is 0 Å². The Bertz CT molecular complexity index is 1190. The lowest BCUT2D eigenvalue weighted by Gasteiger charge is -2.28. The molecule has 7 nitrogen and oxygen atoms in total. The quantitative estimate of drug-likeness (QED) is 0.270. The van der Waals surface area contributed by atoms with E-state index in [9.17, 15) is 9.59 Å². The van der Waals surface area contributed by atoms with Crippen LogP contribution in [0.3, 0.4) is 0 Å². The van der Waals surface area contributed by atoms with E-state index < -0.39 is 6.03 Å². The number of benzene rings is 2. The monoisotopic (exact) mass is 563 g/mol. The van der Waals surface area contributed by atoms with Crippen LogP contribution in [0.2, 0.25) is 10.0 Å². The molecule has 0 saturated heterocycles. The number of methoxy groups -OCH3 is 2. The molecule has 0 unspecified atom stereocenters. The molecular weight excluding hydrogens is 533 g/mol. The molecule has 0 fully saturated rings. The van der Waals surface area contributed by atoms with Gasteiger partial charge in [0.05, 0.1) is 31.5 Å². The molecule has 3 aromatic rings. The number of halogens is 2. The maximum absolute atomic E-state index is 13.5. The number of ether oxygens (including phenoxy) is 2. The summed E-state index contributed by atoms with van der Waals surface area (Å²) < 4.78 is 10.7. The number of anilines is 1. The molecule has 1 aromatic heterocycles. The number of urea groups is 1. The minimum atomic E-state index is -0.393. The number of amides is 3. The Morgan fingerprint density at radius 1 is 0.973 bits per heavy atom. The molecule has 10 heteroatoms. The summed E-state index contributed by atoms with van der Waals surface area (Å²) in [6, 6.07) is 14.1. The largest absolute Gasteiger partial charge is 0.493 e. The van der Waals surface area contributed by atoms with Gasteiger partial charge in [-0.25, -0.2) is 4.79 Å². The Hall–Kier alpha value is -2.94. The summed E-state index contributed by atoms with van der Waals surface area (Å²) >= 11 is 13.8. The second-order valence-corrected chi connectivity index (χ2v) is 10.2. The minimum absolute atomic E-state index is 0.0534. The normalized spacial score (nSPS) is 10.6. The van der Waals surface area contributed by atoms with Gasteiger partial charge < -0.3 is 24.6 Å². The number of carbonyl (C=O) groups excluding carboxylic acids is 2. The van der Waals surface area contributed by atoms with Gasteiger partial charge in [-0.15, -0.1) is 11.3 Å². The van der Waals surface area contributed by atoms with Crippen molar-refractivity contribution in [2.24, 2.45) is 0 Å². The number of nitrogens with one attached hydrogen (secondary N) is 1. The summed E-state index contributed by atoms with van der Waals surface area (Å²) in [5, 5.41) is 5.59. The molecule has 0 bridgehead atoms. The fraction of sp³-hybridized carbons (Fsp3) is 0.333. The van der Waals surface area contributed by atoms with Crippen molar-refractivity contribution in [1.82, 2.24) is 9.80 Å². The highest BCUT2D eigenvalue weighted by molar-refractivity contribution is 7.09. The molecule has 37 heavy (non-hydrogen) atoms. The van der Waals surface area contributed by atoms with Gasteiger partial charge in [-0.3, -0.25) is 4.79 Å². The van der Waals surface area contributed by atoms with Crippen LogP contribution in [0.25, 0.3) is 0 Å². The van der Waals surface area contributed by atoms with Crippen molar-refractivity contribution < 1.29 is 19.1 Å². The Morgan fingerprint density at radius 2 is 1.76 bits per heavy atom. The zero-order chi connectivity index (χ0) is 26.8. The van der Waals surface area contributed by atoms with Gasteiger partial charge >= 0.3 is 6.03 Å². The van der Waals surface area contributed by atoms with Crippen LogP contribution in [0.15, 0.2) is 53.9 Å². The molecular formula is C27H31Cl2N3O4S. The number of nitrogens with zero attached hydrogens (tertiary/aromatic N) is 2. The summed E-state index contributed by atoms with van der Waals surface area (Å²) in [4.78, 5) is 30.9. The molecule has 3 amide bonds. The molecule has 0 spiro atoms. The molecule has 1 N–H and O–H groups in total. The van der Waals surface area contributed by atoms with Crippen LogP contribution in [-0.4, -0.2) is 55.6 Å². The van der Waals surface area contributed by atoms with Crippen LogP contribution in [0.4, 0.5) is 10.5 Å². The predicted molar refractivity (Wildman–Crippen MR) is 150 cm³/mol. The third-order valence-electron chi connectivity index (χ3n) is 5.68. The molecule has 0 atom stereocenters. The number of carbonyl (C=O) groups is 2. The van der Waals surface area contributed by atoms with Crippen molar-refractivity contribution >= 4 is 52.2 Å². The minimum Gasteiger partial charge on any atom is -0.493 e. The van der Waals surface area contributed by atoms with Gasteiger partial charge in [0.2, 0.25) is 5.91 Å². The van der Waals surface area contributed by atoms with Gasteiger partial charge in [-0.1, -0.05) is 42.3 Å². The van der Waals surface area contributed by atoms with Crippen molar-refractivity contribution in [3.05, 3.63) is 74.4 Å². The summed E-state index contributed by atoms with van der Waals surface area (Å²) in [6.07, 6.45) is 1.32. The van der Waals surface area contributed by atoms with E-state index in [1.165, 1.54) is 4.90 Å². The van der Waals surface area contributed by atoms with Crippen molar-refractivity contribution in [2.45, 2.75) is 26.3 Å². The predicted octanol–water partition coefficient (Wildman–Crippen LogP) is 6.59. The lowest BCUT2D eigenvalue weighted by atomic mass is 10.1. The second-order valence-electron chi connectivity index (χ2n) is 8.31. The molecule has 0 aliphatic heterocycles. The van der Waals surface area contributed by atoms with Crippen molar-refractivity contribution in [1.29, 1.82) is 0 Å². The van der Waals surface area contributed by atoms with Gasteiger partial charge in [0.15, 0.2) is 11.5 Å². The summed E-state index contributed by atoms with van der Waals surface area (Å²) in [6.45, 7) is 3.28. The Labute approximate surface area is 231 Å². The molecule has 1 heterocycles. The maximum atomic E-state index is 13.5. The van der Waals surface area contributed by atoms with Crippen LogP contribution in [-0.2, 0) is 17.8 Å². The Morgan fingerprint density at radius 3 is 2.41 bits per heavy atom. The lowest BCUT2D eigenvalue weighted by molar-refractivity contribution is -0.132. The highest BCUT2D eigenvalue weighted by atomic mass is 35.5. The third kappa shape index (κ3) is 8.28. The molecule has 0 aliphatic rings. The van der Waals surface area contributed by atoms with E-state index in [4.69, 9.17) is 32.7 Å². The first-order valence-corrected chi connectivity index (χ1v) is 13.5. The van der Waals surface area contributed by atoms with Crippen LogP contribution < -0.4 is 14.8 Å². The molecule has 0 saturated carbocycles. The highest BCUT2D eigenvalue weighted by Gasteiger charge is 2.22. The zero-order valence-corrected chi connectivity index (χ0v) is 23.5. The fourth-order valence-corrected chi connectivity index (χ4v) is 4.93.